The summed E-state index contributed by atoms with van der Waals surface area (Å²) in [7, 11) is 0. The number of para-hydroxylation sites is 1. The van der Waals surface area contributed by atoms with Crippen molar-refractivity contribution in [1.82, 2.24) is 0 Å². The number of rotatable bonds is 7. The van der Waals surface area contributed by atoms with Gasteiger partial charge in [0.2, 0.25) is 0 Å². The molecule has 0 amide bonds. The zero-order valence-corrected chi connectivity index (χ0v) is 11.4. The number of aliphatic hydroxyl groups excluding tert-OH is 2. The predicted molar refractivity (Wildman–Crippen MR) is 78.8 cm³/mol. The molecule has 2 rings (SSSR count). The second-order valence-corrected chi connectivity index (χ2v) is 4.72. The molecule has 0 aliphatic rings. The fraction of sp³-hybridized carbons (Fsp3) is 0.294. The molecule has 3 heteroatoms. The van der Waals surface area contributed by atoms with Gasteiger partial charge in [0.1, 0.15) is 12.4 Å². The van der Waals surface area contributed by atoms with Gasteiger partial charge in [0, 0.05) is 12.5 Å². The van der Waals surface area contributed by atoms with Crippen LogP contribution in [-0.4, -0.2) is 29.5 Å². The number of benzene rings is 2. The van der Waals surface area contributed by atoms with Crippen molar-refractivity contribution >= 4 is 0 Å². The Morgan fingerprint density at radius 2 is 1.50 bits per heavy atom. The standard InChI is InChI=1S/C17H20O3/c18-12-11-16(14-7-3-1-4-8-14)17(19)13-20-15-9-5-2-6-10-15/h1-10,16-19H,11-13H2. The molecular weight excluding hydrogens is 252 g/mol. The normalized spacial score (nSPS) is 13.7. The number of aliphatic hydroxyl groups is 2. The summed E-state index contributed by atoms with van der Waals surface area (Å²) < 4.78 is 5.58. The lowest BCUT2D eigenvalue weighted by molar-refractivity contribution is 0.0742. The van der Waals surface area contributed by atoms with Gasteiger partial charge in [0.15, 0.2) is 0 Å². The molecule has 0 saturated carbocycles. The molecule has 0 radical (unpaired) electrons. The molecule has 0 heterocycles. The third kappa shape index (κ3) is 4.08. The van der Waals surface area contributed by atoms with E-state index in [1.54, 1.807) is 0 Å². The van der Waals surface area contributed by atoms with Gasteiger partial charge in [-0.1, -0.05) is 48.5 Å². The minimum Gasteiger partial charge on any atom is -0.491 e. The van der Waals surface area contributed by atoms with E-state index in [0.717, 1.165) is 11.3 Å². The summed E-state index contributed by atoms with van der Waals surface area (Å²) in [5.41, 5.74) is 1.02. The molecule has 106 valence electrons. The van der Waals surface area contributed by atoms with Crippen molar-refractivity contribution < 1.29 is 14.9 Å². The van der Waals surface area contributed by atoms with Crippen molar-refractivity contribution in [2.45, 2.75) is 18.4 Å². The maximum absolute atomic E-state index is 10.3. The van der Waals surface area contributed by atoms with E-state index in [1.165, 1.54) is 0 Å². The van der Waals surface area contributed by atoms with Crippen molar-refractivity contribution in [2.75, 3.05) is 13.2 Å². The van der Waals surface area contributed by atoms with Gasteiger partial charge < -0.3 is 14.9 Å². The van der Waals surface area contributed by atoms with Crippen molar-refractivity contribution in [2.24, 2.45) is 0 Å². The third-order valence-corrected chi connectivity index (χ3v) is 3.30. The lowest BCUT2D eigenvalue weighted by atomic mass is 9.91. The van der Waals surface area contributed by atoms with E-state index < -0.39 is 6.10 Å². The van der Waals surface area contributed by atoms with Gasteiger partial charge in [-0.25, -0.2) is 0 Å². The molecule has 0 aromatic heterocycles. The molecule has 3 nitrogen and oxygen atoms in total. The van der Waals surface area contributed by atoms with E-state index in [-0.39, 0.29) is 19.1 Å². The summed E-state index contributed by atoms with van der Waals surface area (Å²) in [6.07, 6.45) is -0.131. The zero-order valence-electron chi connectivity index (χ0n) is 11.4. The molecule has 2 N–H and O–H groups in total. The fourth-order valence-electron chi connectivity index (χ4n) is 2.24. The summed E-state index contributed by atoms with van der Waals surface area (Å²) in [5, 5.41) is 19.5. The molecular formula is C17H20O3. The minimum atomic E-state index is -0.648. The highest BCUT2D eigenvalue weighted by Crippen LogP contribution is 2.24. The average molecular weight is 272 g/mol. The number of hydrogen-bond acceptors (Lipinski definition) is 3. The van der Waals surface area contributed by atoms with Crippen LogP contribution in [0.4, 0.5) is 0 Å². The summed E-state index contributed by atoms with van der Waals surface area (Å²) in [4.78, 5) is 0. The van der Waals surface area contributed by atoms with Crippen LogP contribution in [0.2, 0.25) is 0 Å². The molecule has 2 unspecified atom stereocenters. The Labute approximate surface area is 119 Å². The van der Waals surface area contributed by atoms with Gasteiger partial charge in [0.25, 0.3) is 0 Å². The molecule has 2 atom stereocenters. The fourth-order valence-corrected chi connectivity index (χ4v) is 2.24. The van der Waals surface area contributed by atoms with Gasteiger partial charge in [-0.3, -0.25) is 0 Å². The van der Waals surface area contributed by atoms with Crippen molar-refractivity contribution in [1.29, 1.82) is 0 Å². The van der Waals surface area contributed by atoms with E-state index in [1.807, 2.05) is 60.7 Å². The lowest BCUT2D eigenvalue weighted by Gasteiger charge is -2.23. The molecule has 0 fully saturated rings. The minimum absolute atomic E-state index is 0.0436. The maximum atomic E-state index is 10.3. The van der Waals surface area contributed by atoms with Crippen LogP contribution in [0.1, 0.15) is 17.9 Å². The van der Waals surface area contributed by atoms with Crippen LogP contribution in [0.25, 0.3) is 0 Å². The molecule has 0 aliphatic heterocycles. The van der Waals surface area contributed by atoms with Crippen molar-refractivity contribution in [3.05, 3.63) is 66.2 Å². The van der Waals surface area contributed by atoms with Crippen LogP contribution < -0.4 is 4.74 Å². The Morgan fingerprint density at radius 3 is 2.10 bits per heavy atom. The lowest BCUT2D eigenvalue weighted by Crippen LogP contribution is -2.26. The SMILES string of the molecule is OCCC(c1ccccc1)C(O)COc1ccccc1. The first-order valence-electron chi connectivity index (χ1n) is 6.83. The van der Waals surface area contributed by atoms with Gasteiger partial charge in [-0.15, -0.1) is 0 Å². The summed E-state index contributed by atoms with van der Waals surface area (Å²) >= 11 is 0. The van der Waals surface area contributed by atoms with Gasteiger partial charge in [-0.2, -0.15) is 0 Å². The Morgan fingerprint density at radius 1 is 0.900 bits per heavy atom. The topological polar surface area (TPSA) is 49.7 Å². The van der Waals surface area contributed by atoms with E-state index >= 15 is 0 Å². The van der Waals surface area contributed by atoms with Crippen LogP contribution in [-0.2, 0) is 0 Å². The Bertz CT molecular complexity index is 484. The number of hydrogen-bond donors (Lipinski definition) is 2. The van der Waals surface area contributed by atoms with Gasteiger partial charge >= 0.3 is 0 Å². The first-order chi connectivity index (χ1) is 9.81. The Balaban J connectivity index is 1.99. The molecule has 2 aromatic rings. The first kappa shape index (κ1) is 14.6. The monoisotopic (exact) mass is 272 g/mol. The highest BCUT2D eigenvalue weighted by atomic mass is 16.5. The zero-order chi connectivity index (χ0) is 14.2. The van der Waals surface area contributed by atoms with Crippen LogP contribution in [0.3, 0.4) is 0 Å². The Kier molecular flexibility index (Phi) is 5.59. The smallest absolute Gasteiger partial charge is 0.119 e. The first-order valence-corrected chi connectivity index (χ1v) is 6.83. The second-order valence-electron chi connectivity index (χ2n) is 4.72. The summed E-state index contributed by atoms with van der Waals surface area (Å²) in [5.74, 6) is 0.618. The number of ether oxygens (including phenoxy) is 1. The molecule has 0 bridgehead atoms. The van der Waals surface area contributed by atoms with E-state index in [4.69, 9.17) is 4.74 Å². The maximum Gasteiger partial charge on any atom is 0.119 e. The Hall–Kier alpha value is -1.84. The van der Waals surface area contributed by atoms with E-state index in [0.29, 0.717) is 6.42 Å². The molecule has 0 saturated heterocycles. The van der Waals surface area contributed by atoms with Crippen molar-refractivity contribution in [3.8, 4) is 5.75 Å². The largest absolute Gasteiger partial charge is 0.491 e. The predicted octanol–water partition coefficient (Wildman–Crippen LogP) is 2.59. The summed E-state index contributed by atoms with van der Waals surface area (Å²) in [6, 6.07) is 19.2. The molecule has 0 aliphatic carbocycles. The van der Waals surface area contributed by atoms with E-state index in [9.17, 15) is 10.2 Å². The van der Waals surface area contributed by atoms with Crippen LogP contribution in [0.5, 0.6) is 5.75 Å². The van der Waals surface area contributed by atoms with Crippen molar-refractivity contribution in [3.63, 3.8) is 0 Å². The van der Waals surface area contributed by atoms with Crippen LogP contribution in [0, 0.1) is 0 Å². The van der Waals surface area contributed by atoms with Crippen LogP contribution in [0.15, 0.2) is 60.7 Å². The van der Waals surface area contributed by atoms with Gasteiger partial charge in [0.05, 0.1) is 6.10 Å². The van der Waals surface area contributed by atoms with Crippen LogP contribution >= 0.6 is 0 Å². The van der Waals surface area contributed by atoms with E-state index in [2.05, 4.69) is 0 Å². The molecule has 2 aromatic carbocycles. The average Bonchev–Trinajstić information content (AvgIpc) is 2.52. The highest BCUT2D eigenvalue weighted by Gasteiger charge is 2.21. The molecule has 20 heavy (non-hydrogen) atoms. The summed E-state index contributed by atoms with van der Waals surface area (Å²) in [6.45, 7) is 0.255. The quantitative estimate of drug-likeness (QED) is 0.814. The third-order valence-electron chi connectivity index (χ3n) is 3.30. The van der Waals surface area contributed by atoms with Gasteiger partial charge in [-0.05, 0) is 24.1 Å². The molecule has 0 spiro atoms. The second kappa shape index (κ2) is 7.68. The highest BCUT2D eigenvalue weighted by molar-refractivity contribution is 5.22.